The molecule has 2 N–H and O–H groups in total. The molecule has 0 radical (unpaired) electrons. The average molecular weight is 381 g/mol. The van der Waals surface area contributed by atoms with Gasteiger partial charge in [0.25, 0.3) is 0 Å². The molecule has 1 atom stereocenters. The summed E-state index contributed by atoms with van der Waals surface area (Å²) < 4.78 is 5.74. The molecule has 1 unspecified atom stereocenters. The van der Waals surface area contributed by atoms with E-state index in [1.807, 2.05) is 43.3 Å². The van der Waals surface area contributed by atoms with Crippen LogP contribution in [0.1, 0.15) is 17.2 Å². The van der Waals surface area contributed by atoms with Crippen LogP contribution >= 0.6 is 0 Å². The number of amides is 3. The van der Waals surface area contributed by atoms with Gasteiger partial charge in [-0.15, -0.1) is 0 Å². The lowest BCUT2D eigenvalue weighted by atomic mass is 10.1. The number of carbonyl (C=O) groups excluding carboxylic acids is 3. The van der Waals surface area contributed by atoms with Gasteiger partial charge in [0.1, 0.15) is 6.10 Å². The number of rotatable bonds is 4. The van der Waals surface area contributed by atoms with E-state index < -0.39 is 11.8 Å². The summed E-state index contributed by atoms with van der Waals surface area (Å²) in [5.41, 5.74) is 2.50. The number of morpholine rings is 1. The molecular formula is C21H23N3O4. The Bertz CT molecular complexity index is 854. The van der Waals surface area contributed by atoms with Crippen LogP contribution in [0, 0.1) is 6.92 Å². The summed E-state index contributed by atoms with van der Waals surface area (Å²) in [5, 5.41) is 4.90. The predicted octanol–water partition coefficient (Wildman–Crippen LogP) is 1.65. The number of nitrogens with one attached hydrogen (secondary N) is 2. The van der Waals surface area contributed by atoms with Crippen molar-refractivity contribution in [1.29, 1.82) is 0 Å². The first-order chi connectivity index (χ1) is 13.5. The van der Waals surface area contributed by atoms with Crippen LogP contribution in [0.3, 0.4) is 0 Å². The third-order valence-electron chi connectivity index (χ3n) is 4.47. The van der Waals surface area contributed by atoms with E-state index in [-0.39, 0.29) is 18.6 Å². The van der Waals surface area contributed by atoms with Gasteiger partial charge in [-0.05, 0) is 30.2 Å². The fraction of sp³-hybridized carbons (Fsp3) is 0.286. The van der Waals surface area contributed by atoms with Gasteiger partial charge in [0.15, 0.2) is 0 Å². The molecule has 2 aromatic carbocycles. The molecule has 146 valence electrons. The minimum Gasteiger partial charge on any atom is -0.370 e. The third-order valence-corrected chi connectivity index (χ3v) is 4.47. The highest BCUT2D eigenvalue weighted by atomic mass is 16.5. The van der Waals surface area contributed by atoms with E-state index in [9.17, 15) is 14.4 Å². The summed E-state index contributed by atoms with van der Waals surface area (Å²) in [6.45, 7) is 2.94. The second kappa shape index (κ2) is 9.14. The van der Waals surface area contributed by atoms with E-state index in [0.29, 0.717) is 25.4 Å². The maximum Gasteiger partial charge on any atom is 0.313 e. The summed E-state index contributed by atoms with van der Waals surface area (Å²) in [6.07, 6.45) is -0.195. The van der Waals surface area contributed by atoms with Crippen molar-refractivity contribution in [3.8, 4) is 0 Å². The minimum absolute atomic E-state index is 0.195. The molecule has 1 aliphatic rings. The largest absolute Gasteiger partial charge is 0.370 e. The average Bonchev–Trinajstić information content (AvgIpc) is 2.72. The molecule has 1 fully saturated rings. The molecule has 3 amide bonds. The number of carbonyl (C=O) groups is 3. The molecule has 1 aliphatic heterocycles. The first-order valence-electron chi connectivity index (χ1n) is 9.13. The van der Waals surface area contributed by atoms with Gasteiger partial charge in [-0.1, -0.05) is 42.5 Å². The number of benzene rings is 2. The molecule has 0 aliphatic carbocycles. The maximum atomic E-state index is 12.4. The minimum atomic E-state index is -0.845. The highest BCUT2D eigenvalue weighted by Crippen LogP contribution is 2.21. The van der Waals surface area contributed by atoms with Crippen molar-refractivity contribution in [1.82, 2.24) is 10.2 Å². The van der Waals surface area contributed by atoms with Gasteiger partial charge in [0.2, 0.25) is 5.91 Å². The van der Waals surface area contributed by atoms with Crippen molar-refractivity contribution >= 4 is 23.4 Å². The van der Waals surface area contributed by atoms with Gasteiger partial charge in [-0.25, -0.2) is 0 Å². The second-order valence-electron chi connectivity index (χ2n) is 6.62. The molecule has 0 spiro atoms. The van der Waals surface area contributed by atoms with Crippen molar-refractivity contribution in [3.05, 3.63) is 65.7 Å². The lowest BCUT2D eigenvalue weighted by Gasteiger charge is -2.33. The van der Waals surface area contributed by atoms with Crippen LogP contribution in [0.2, 0.25) is 0 Å². The Morgan fingerprint density at radius 3 is 2.61 bits per heavy atom. The number of hydrogen-bond acceptors (Lipinski definition) is 4. The second-order valence-corrected chi connectivity index (χ2v) is 6.62. The molecule has 1 saturated heterocycles. The highest BCUT2D eigenvalue weighted by Gasteiger charge is 2.26. The first-order valence-corrected chi connectivity index (χ1v) is 9.13. The number of nitrogens with zero attached hydrogens (tertiary/aromatic N) is 1. The van der Waals surface area contributed by atoms with Crippen LogP contribution in [-0.4, -0.2) is 48.9 Å². The van der Waals surface area contributed by atoms with Crippen molar-refractivity contribution in [2.24, 2.45) is 0 Å². The number of anilines is 1. The third kappa shape index (κ3) is 5.17. The van der Waals surface area contributed by atoms with E-state index in [1.165, 1.54) is 0 Å². The van der Waals surface area contributed by atoms with Crippen LogP contribution < -0.4 is 10.6 Å². The Hall–Kier alpha value is -3.19. The van der Waals surface area contributed by atoms with E-state index >= 15 is 0 Å². The van der Waals surface area contributed by atoms with E-state index in [4.69, 9.17) is 4.74 Å². The SMILES string of the molecule is Cc1cccc(NC(=O)C(=O)NCC(=O)N2CCOC(c3ccccc3)C2)c1. The van der Waals surface area contributed by atoms with Gasteiger partial charge in [-0.2, -0.15) is 0 Å². The van der Waals surface area contributed by atoms with E-state index in [0.717, 1.165) is 11.1 Å². The first kappa shape index (κ1) is 19.6. The summed E-state index contributed by atoms with van der Waals surface area (Å²) in [4.78, 5) is 38.0. The van der Waals surface area contributed by atoms with Crippen LogP contribution in [0.5, 0.6) is 0 Å². The van der Waals surface area contributed by atoms with Gasteiger partial charge >= 0.3 is 11.8 Å². The van der Waals surface area contributed by atoms with E-state index in [2.05, 4.69) is 10.6 Å². The van der Waals surface area contributed by atoms with Crippen molar-refractivity contribution in [3.63, 3.8) is 0 Å². The predicted molar refractivity (Wildman–Crippen MR) is 105 cm³/mol. The quantitative estimate of drug-likeness (QED) is 0.789. The zero-order valence-corrected chi connectivity index (χ0v) is 15.7. The molecule has 7 nitrogen and oxygen atoms in total. The molecule has 28 heavy (non-hydrogen) atoms. The maximum absolute atomic E-state index is 12.4. The lowest BCUT2D eigenvalue weighted by molar-refractivity contribution is -0.141. The van der Waals surface area contributed by atoms with E-state index in [1.54, 1.807) is 23.1 Å². The molecule has 0 bridgehead atoms. The lowest BCUT2D eigenvalue weighted by Crippen LogP contribution is -2.48. The van der Waals surface area contributed by atoms with Gasteiger partial charge < -0.3 is 20.3 Å². The van der Waals surface area contributed by atoms with Gasteiger partial charge in [-0.3, -0.25) is 14.4 Å². The summed E-state index contributed by atoms with van der Waals surface area (Å²) in [6, 6.07) is 16.8. The molecule has 3 rings (SSSR count). The Balaban J connectivity index is 1.49. The zero-order chi connectivity index (χ0) is 19.9. The zero-order valence-electron chi connectivity index (χ0n) is 15.7. The molecule has 7 heteroatoms. The van der Waals surface area contributed by atoms with Crippen LogP contribution in [0.4, 0.5) is 5.69 Å². The number of aryl methyl sites for hydroxylation is 1. The number of ether oxygens (including phenoxy) is 1. The standard InChI is InChI=1S/C21H23N3O4/c1-15-6-5-9-17(12-15)23-21(27)20(26)22-13-19(25)24-10-11-28-18(14-24)16-7-3-2-4-8-16/h2-9,12,18H,10-11,13-14H2,1H3,(H,22,26)(H,23,27). The van der Waals surface area contributed by atoms with Crippen molar-refractivity contribution in [2.75, 3.05) is 31.6 Å². The summed E-state index contributed by atoms with van der Waals surface area (Å²) >= 11 is 0. The monoisotopic (exact) mass is 381 g/mol. The Morgan fingerprint density at radius 2 is 1.86 bits per heavy atom. The van der Waals surface area contributed by atoms with Crippen LogP contribution in [0.25, 0.3) is 0 Å². The highest BCUT2D eigenvalue weighted by molar-refractivity contribution is 6.39. The Labute approximate surface area is 163 Å². The van der Waals surface area contributed by atoms with Crippen molar-refractivity contribution in [2.45, 2.75) is 13.0 Å². The molecule has 0 saturated carbocycles. The summed E-state index contributed by atoms with van der Waals surface area (Å²) in [7, 11) is 0. The topological polar surface area (TPSA) is 87.7 Å². The molecular weight excluding hydrogens is 358 g/mol. The smallest absolute Gasteiger partial charge is 0.313 e. The Morgan fingerprint density at radius 1 is 1.07 bits per heavy atom. The van der Waals surface area contributed by atoms with Crippen LogP contribution in [-0.2, 0) is 19.1 Å². The number of hydrogen-bond donors (Lipinski definition) is 2. The van der Waals surface area contributed by atoms with Crippen LogP contribution in [0.15, 0.2) is 54.6 Å². The van der Waals surface area contributed by atoms with Gasteiger partial charge in [0.05, 0.1) is 19.7 Å². The normalized spacial score (nSPS) is 16.3. The molecule has 2 aromatic rings. The van der Waals surface area contributed by atoms with Crippen molar-refractivity contribution < 1.29 is 19.1 Å². The Kier molecular flexibility index (Phi) is 6.39. The van der Waals surface area contributed by atoms with Gasteiger partial charge in [0, 0.05) is 12.2 Å². The fourth-order valence-corrected chi connectivity index (χ4v) is 3.00. The molecule has 0 aromatic heterocycles. The fourth-order valence-electron chi connectivity index (χ4n) is 3.00. The molecule has 1 heterocycles. The summed E-state index contributed by atoms with van der Waals surface area (Å²) in [5.74, 6) is -1.90.